The predicted octanol–water partition coefficient (Wildman–Crippen LogP) is 1.94. The van der Waals surface area contributed by atoms with Gasteiger partial charge in [0.25, 0.3) is 0 Å². The highest BCUT2D eigenvalue weighted by molar-refractivity contribution is 5.83. The molecule has 1 atom stereocenters. The van der Waals surface area contributed by atoms with Gasteiger partial charge in [-0.05, 0) is 18.1 Å². The highest BCUT2D eigenvalue weighted by Crippen LogP contribution is 2.22. The summed E-state index contributed by atoms with van der Waals surface area (Å²) in [5, 5.41) is 4.99. The van der Waals surface area contributed by atoms with E-state index in [9.17, 15) is 0 Å². The third kappa shape index (κ3) is 2.43. The van der Waals surface area contributed by atoms with E-state index >= 15 is 0 Å². The van der Waals surface area contributed by atoms with E-state index in [0.29, 0.717) is 24.7 Å². The molecule has 0 fully saturated rings. The number of aromatic nitrogens is 3. The number of methoxy groups -OCH3 is 1. The van der Waals surface area contributed by atoms with Crippen molar-refractivity contribution in [2.75, 3.05) is 7.11 Å². The average molecular weight is 272 g/mol. The van der Waals surface area contributed by atoms with Crippen LogP contribution in [0.1, 0.15) is 23.3 Å². The van der Waals surface area contributed by atoms with E-state index < -0.39 is 0 Å². The molecule has 20 heavy (non-hydrogen) atoms. The highest BCUT2D eigenvalue weighted by atomic mass is 16.5. The summed E-state index contributed by atoms with van der Waals surface area (Å²) in [6.07, 6.45) is 2.61. The molecule has 3 N–H and O–H groups in total. The maximum atomic E-state index is 6.14. The van der Waals surface area contributed by atoms with Crippen LogP contribution in [0.3, 0.4) is 0 Å². The lowest BCUT2D eigenvalue weighted by Crippen LogP contribution is -2.13. The topological polar surface area (TPSA) is 90.0 Å². The molecule has 3 aromatic rings. The summed E-state index contributed by atoms with van der Waals surface area (Å²) < 4.78 is 10.1. The second kappa shape index (κ2) is 5.44. The normalized spacial score (nSPS) is 12.9. The summed E-state index contributed by atoms with van der Waals surface area (Å²) in [6, 6.07) is 7.78. The van der Waals surface area contributed by atoms with E-state index in [1.165, 1.54) is 5.39 Å². The molecule has 0 unspecified atom stereocenters. The van der Waals surface area contributed by atoms with Crippen LogP contribution in [0.4, 0.5) is 0 Å². The first kappa shape index (κ1) is 12.8. The van der Waals surface area contributed by atoms with Crippen LogP contribution in [-0.2, 0) is 17.8 Å². The van der Waals surface area contributed by atoms with E-state index in [1.54, 1.807) is 7.11 Å². The molecule has 0 aliphatic heterocycles. The first-order valence-electron chi connectivity index (χ1n) is 6.40. The number of nitrogens with zero attached hydrogens (tertiary/aromatic N) is 2. The van der Waals surface area contributed by atoms with Gasteiger partial charge in [0.15, 0.2) is 5.82 Å². The molecule has 0 saturated heterocycles. The minimum Gasteiger partial charge on any atom is -0.377 e. The molecule has 0 radical (unpaired) electrons. The Morgan fingerprint density at radius 1 is 1.40 bits per heavy atom. The largest absolute Gasteiger partial charge is 0.377 e. The average Bonchev–Trinajstić information content (AvgIpc) is 3.07. The fourth-order valence-corrected chi connectivity index (χ4v) is 2.23. The zero-order valence-electron chi connectivity index (χ0n) is 11.2. The van der Waals surface area contributed by atoms with Crippen molar-refractivity contribution in [1.29, 1.82) is 0 Å². The Bertz CT molecular complexity index is 704. The number of fused-ring (bicyclic) bond motifs is 1. The van der Waals surface area contributed by atoms with Crippen LogP contribution in [0.25, 0.3) is 10.9 Å². The second-order valence-corrected chi connectivity index (χ2v) is 4.65. The van der Waals surface area contributed by atoms with Crippen LogP contribution in [-0.4, -0.2) is 22.2 Å². The van der Waals surface area contributed by atoms with Crippen LogP contribution in [0.2, 0.25) is 0 Å². The molecule has 6 nitrogen and oxygen atoms in total. The van der Waals surface area contributed by atoms with E-state index in [1.807, 2.05) is 24.4 Å². The van der Waals surface area contributed by atoms with E-state index in [2.05, 4.69) is 21.2 Å². The van der Waals surface area contributed by atoms with E-state index in [0.717, 1.165) is 11.1 Å². The summed E-state index contributed by atoms with van der Waals surface area (Å²) in [5.74, 6) is 0.944. The van der Waals surface area contributed by atoms with E-state index in [-0.39, 0.29) is 6.04 Å². The van der Waals surface area contributed by atoms with Crippen LogP contribution >= 0.6 is 0 Å². The lowest BCUT2D eigenvalue weighted by molar-refractivity contribution is 0.174. The van der Waals surface area contributed by atoms with Gasteiger partial charge in [0.1, 0.15) is 6.61 Å². The molecule has 104 valence electrons. The zero-order valence-corrected chi connectivity index (χ0v) is 11.2. The second-order valence-electron chi connectivity index (χ2n) is 4.65. The number of rotatable bonds is 5. The zero-order chi connectivity index (χ0) is 13.9. The van der Waals surface area contributed by atoms with Gasteiger partial charge in [-0.3, -0.25) is 0 Å². The third-order valence-corrected chi connectivity index (χ3v) is 3.19. The monoisotopic (exact) mass is 272 g/mol. The number of hydrogen-bond acceptors (Lipinski definition) is 5. The molecular formula is C14H16N4O2. The number of aromatic amines is 1. The molecule has 0 aliphatic carbocycles. The number of ether oxygens (including phenoxy) is 1. The SMILES string of the molecule is COCc1noc([C@H](N)Cc2c[nH]c3ccccc23)n1. The minimum absolute atomic E-state index is 0.323. The Labute approximate surface area is 115 Å². The van der Waals surface area contributed by atoms with Crippen molar-refractivity contribution >= 4 is 10.9 Å². The van der Waals surface area contributed by atoms with Gasteiger partial charge >= 0.3 is 0 Å². The third-order valence-electron chi connectivity index (χ3n) is 3.19. The Hall–Kier alpha value is -2.18. The van der Waals surface area contributed by atoms with Crippen molar-refractivity contribution < 1.29 is 9.26 Å². The van der Waals surface area contributed by atoms with Crippen molar-refractivity contribution in [3.05, 3.63) is 47.7 Å². The van der Waals surface area contributed by atoms with Crippen LogP contribution in [0, 0.1) is 0 Å². The van der Waals surface area contributed by atoms with Gasteiger partial charge in [-0.25, -0.2) is 0 Å². The van der Waals surface area contributed by atoms with Crippen molar-refractivity contribution in [2.24, 2.45) is 5.73 Å². The first-order chi connectivity index (χ1) is 9.78. The van der Waals surface area contributed by atoms with Crippen molar-refractivity contribution in [2.45, 2.75) is 19.1 Å². The number of nitrogens with two attached hydrogens (primary N) is 1. The summed E-state index contributed by atoms with van der Waals surface area (Å²) in [7, 11) is 1.59. The van der Waals surface area contributed by atoms with E-state index in [4.69, 9.17) is 15.0 Å². The number of H-pyrrole nitrogens is 1. The van der Waals surface area contributed by atoms with Crippen molar-refractivity contribution in [3.63, 3.8) is 0 Å². The quantitative estimate of drug-likeness (QED) is 0.740. The lowest BCUT2D eigenvalue weighted by Gasteiger charge is -2.05. The smallest absolute Gasteiger partial charge is 0.243 e. The molecule has 1 aromatic carbocycles. The Morgan fingerprint density at radius 2 is 2.25 bits per heavy atom. The van der Waals surface area contributed by atoms with Gasteiger partial charge in [0.2, 0.25) is 5.89 Å². The molecule has 0 bridgehead atoms. The van der Waals surface area contributed by atoms with Crippen molar-refractivity contribution in [1.82, 2.24) is 15.1 Å². The molecular weight excluding hydrogens is 256 g/mol. The summed E-state index contributed by atoms with van der Waals surface area (Å²) in [4.78, 5) is 7.45. The van der Waals surface area contributed by atoms with Gasteiger partial charge in [0.05, 0.1) is 6.04 Å². The number of para-hydroxylation sites is 1. The minimum atomic E-state index is -0.327. The first-order valence-corrected chi connectivity index (χ1v) is 6.40. The molecule has 0 spiro atoms. The predicted molar refractivity (Wildman–Crippen MR) is 73.9 cm³/mol. The fraction of sp³-hybridized carbons (Fsp3) is 0.286. The molecule has 3 rings (SSSR count). The molecule has 0 saturated carbocycles. The molecule has 0 aliphatic rings. The maximum absolute atomic E-state index is 6.14. The van der Waals surface area contributed by atoms with Gasteiger partial charge in [0, 0.05) is 24.2 Å². The molecule has 2 heterocycles. The maximum Gasteiger partial charge on any atom is 0.243 e. The van der Waals surface area contributed by atoms with Gasteiger partial charge in [-0.15, -0.1) is 0 Å². The summed E-state index contributed by atoms with van der Waals surface area (Å²) in [6.45, 7) is 0.323. The van der Waals surface area contributed by atoms with Crippen molar-refractivity contribution in [3.8, 4) is 0 Å². The van der Waals surface area contributed by atoms with Gasteiger partial charge in [-0.2, -0.15) is 4.98 Å². The van der Waals surface area contributed by atoms with Crippen LogP contribution < -0.4 is 5.73 Å². The molecule has 6 heteroatoms. The van der Waals surface area contributed by atoms with Crippen LogP contribution in [0.15, 0.2) is 35.0 Å². The standard InChI is InChI=1S/C14H16N4O2/c1-19-8-13-17-14(20-18-13)11(15)6-9-7-16-12-5-3-2-4-10(9)12/h2-5,7,11,16H,6,8,15H2,1H3/t11-/m1/s1. The number of hydrogen-bond donors (Lipinski definition) is 2. The van der Waals surface area contributed by atoms with Crippen LogP contribution in [0.5, 0.6) is 0 Å². The summed E-state index contributed by atoms with van der Waals surface area (Å²) in [5.41, 5.74) is 8.37. The number of nitrogens with one attached hydrogen (secondary N) is 1. The lowest BCUT2D eigenvalue weighted by atomic mass is 10.1. The fourth-order valence-electron chi connectivity index (χ4n) is 2.23. The Morgan fingerprint density at radius 3 is 3.10 bits per heavy atom. The molecule has 0 amide bonds. The Balaban J connectivity index is 1.79. The molecule has 2 aromatic heterocycles. The van der Waals surface area contributed by atoms with Gasteiger partial charge in [-0.1, -0.05) is 23.4 Å². The number of benzene rings is 1. The highest BCUT2D eigenvalue weighted by Gasteiger charge is 2.17. The summed E-state index contributed by atoms with van der Waals surface area (Å²) >= 11 is 0. The van der Waals surface area contributed by atoms with Gasteiger partial charge < -0.3 is 20.0 Å². The Kier molecular flexibility index (Phi) is 3.49.